The van der Waals surface area contributed by atoms with E-state index in [0.717, 1.165) is 0 Å². The first kappa shape index (κ1) is 13.2. The zero-order valence-corrected chi connectivity index (χ0v) is 10.9. The lowest BCUT2D eigenvalue weighted by molar-refractivity contribution is 0.615. The fourth-order valence-electron chi connectivity index (χ4n) is 1.99. The number of hydrogen-bond acceptors (Lipinski definition) is 4. The number of aromatic nitrogens is 4. The molecule has 1 aromatic heterocycles. The van der Waals surface area contributed by atoms with Gasteiger partial charge in [0.15, 0.2) is 5.82 Å². The van der Waals surface area contributed by atoms with Gasteiger partial charge in [-0.2, -0.15) is 0 Å². The largest absolute Gasteiger partial charge is 0.396 e. The van der Waals surface area contributed by atoms with Crippen molar-refractivity contribution in [3.05, 3.63) is 59.7 Å². The summed E-state index contributed by atoms with van der Waals surface area (Å²) in [7, 11) is 0. The lowest BCUT2D eigenvalue weighted by atomic mass is 10.1. The number of halogens is 2. The van der Waals surface area contributed by atoms with Crippen LogP contribution in [0.3, 0.4) is 0 Å². The molecule has 2 aromatic carbocycles. The van der Waals surface area contributed by atoms with E-state index in [1.807, 2.05) is 0 Å². The predicted octanol–water partition coefficient (Wildman–Crippen LogP) is 2.25. The number of hydrogen-bond donors (Lipinski definition) is 1. The summed E-state index contributed by atoms with van der Waals surface area (Å²) in [6.07, 6.45) is 0. The third-order valence-electron chi connectivity index (χ3n) is 3.01. The highest BCUT2D eigenvalue weighted by atomic mass is 19.1. The number of tetrazole rings is 1. The molecule has 0 bridgehead atoms. The fourth-order valence-corrected chi connectivity index (χ4v) is 1.99. The Labute approximate surface area is 119 Å². The van der Waals surface area contributed by atoms with E-state index in [9.17, 15) is 8.78 Å². The second-order valence-electron chi connectivity index (χ2n) is 4.53. The summed E-state index contributed by atoms with van der Waals surface area (Å²) >= 11 is 0. The number of anilines is 1. The Morgan fingerprint density at radius 2 is 1.95 bits per heavy atom. The van der Waals surface area contributed by atoms with Gasteiger partial charge in [-0.1, -0.05) is 12.1 Å². The highest BCUT2D eigenvalue weighted by molar-refractivity contribution is 5.59. The number of benzene rings is 2. The minimum atomic E-state index is -0.534. The van der Waals surface area contributed by atoms with Crippen LogP contribution in [-0.4, -0.2) is 20.2 Å². The predicted molar refractivity (Wildman–Crippen MR) is 73.1 cm³/mol. The van der Waals surface area contributed by atoms with Crippen LogP contribution in [0, 0.1) is 11.6 Å². The van der Waals surface area contributed by atoms with Crippen molar-refractivity contribution >= 4 is 5.69 Å². The molecule has 0 atom stereocenters. The van der Waals surface area contributed by atoms with Crippen LogP contribution in [0.4, 0.5) is 14.5 Å². The van der Waals surface area contributed by atoms with Gasteiger partial charge in [0, 0.05) is 5.56 Å². The third kappa shape index (κ3) is 2.71. The molecule has 7 heteroatoms. The van der Waals surface area contributed by atoms with E-state index < -0.39 is 5.82 Å². The van der Waals surface area contributed by atoms with Crippen LogP contribution in [-0.2, 0) is 6.54 Å². The molecule has 0 fully saturated rings. The van der Waals surface area contributed by atoms with Crippen molar-refractivity contribution in [2.24, 2.45) is 0 Å². The van der Waals surface area contributed by atoms with Crippen LogP contribution in [0.2, 0.25) is 0 Å². The molecule has 106 valence electrons. The standard InChI is InChI=1S/C14H11F2N5/c15-11-3-1-2-9(6-11)8-21-14(18-19-20-21)10-4-5-13(17)12(16)7-10/h1-7H,8,17H2. The maximum atomic E-state index is 13.5. The number of nitrogens with two attached hydrogens (primary N) is 1. The monoisotopic (exact) mass is 287 g/mol. The minimum Gasteiger partial charge on any atom is -0.396 e. The first-order chi connectivity index (χ1) is 10.1. The van der Waals surface area contributed by atoms with Crippen LogP contribution in [0.25, 0.3) is 11.4 Å². The van der Waals surface area contributed by atoms with E-state index in [-0.39, 0.29) is 18.0 Å². The molecule has 0 aliphatic carbocycles. The smallest absolute Gasteiger partial charge is 0.182 e. The molecule has 0 spiro atoms. The molecular weight excluding hydrogens is 276 g/mol. The summed E-state index contributed by atoms with van der Waals surface area (Å²) < 4.78 is 28.2. The summed E-state index contributed by atoms with van der Waals surface area (Å²) in [6, 6.07) is 10.5. The normalized spacial score (nSPS) is 10.8. The molecule has 0 saturated heterocycles. The van der Waals surface area contributed by atoms with Crippen LogP contribution >= 0.6 is 0 Å². The molecule has 0 unspecified atom stereocenters. The lowest BCUT2D eigenvalue weighted by Crippen LogP contribution is -2.05. The SMILES string of the molecule is Nc1ccc(-c2nnnn2Cc2cccc(F)c2)cc1F. The zero-order valence-electron chi connectivity index (χ0n) is 10.9. The van der Waals surface area contributed by atoms with Crippen molar-refractivity contribution in [2.75, 3.05) is 5.73 Å². The first-order valence-electron chi connectivity index (χ1n) is 6.19. The van der Waals surface area contributed by atoms with E-state index in [0.29, 0.717) is 17.0 Å². The summed E-state index contributed by atoms with van der Waals surface area (Å²) in [5.41, 5.74) is 6.71. The van der Waals surface area contributed by atoms with Crippen molar-refractivity contribution in [2.45, 2.75) is 6.54 Å². The van der Waals surface area contributed by atoms with E-state index in [4.69, 9.17) is 5.73 Å². The second kappa shape index (κ2) is 5.28. The van der Waals surface area contributed by atoms with Gasteiger partial charge in [-0.25, -0.2) is 13.5 Å². The molecular formula is C14H11F2N5. The Hall–Kier alpha value is -2.83. The number of rotatable bonds is 3. The Morgan fingerprint density at radius 3 is 2.71 bits per heavy atom. The maximum Gasteiger partial charge on any atom is 0.182 e. The molecule has 0 aliphatic heterocycles. The molecule has 3 rings (SSSR count). The highest BCUT2D eigenvalue weighted by Gasteiger charge is 2.11. The molecule has 0 saturated carbocycles. The molecule has 5 nitrogen and oxygen atoms in total. The number of nitrogen functional groups attached to an aromatic ring is 1. The molecule has 0 aliphatic rings. The second-order valence-corrected chi connectivity index (χ2v) is 4.53. The van der Waals surface area contributed by atoms with Crippen molar-refractivity contribution in [3.8, 4) is 11.4 Å². The van der Waals surface area contributed by atoms with E-state index in [2.05, 4.69) is 15.5 Å². The van der Waals surface area contributed by atoms with Crippen molar-refractivity contribution in [1.29, 1.82) is 0 Å². The Bertz CT molecular complexity index is 785. The Balaban J connectivity index is 1.95. The molecule has 21 heavy (non-hydrogen) atoms. The molecule has 0 amide bonds. The molecule has 2 N–H and O–H groups in total. The van der Waals surface area contributed by atoms with Crippen LogP contribution < -0.4 is 5.73 Å². The van der Waals surface area contributed by atoms with Crippen molar-refractivity contribution in [3.63, 3.8) is 0 Å². The number of nitrogens with zero attached hydrogens (tertiary/aromatic N) is 4. The molecule has 0 radical (unpaired) electrons. The van der Waals surface area contributed by atoms with Crippen LogP contribution in [0.5, 0.6) is 0 Å². The summed E-state index contributed by atoms with van der Waals surface area (Å²) in [6.45, 7) is 0.284. The quantitative estimate of drug-likeness (QED) is 0.750. The van der Waals surface area contributed by atoms with Crippen molar-refractivity contribution in [1.82, 2.24) is 20.2 Å². The Morgan fingerprint density at radius 1 is 1.10 bits per heavy atom. The first-order valence-corrected chi connectivity index (χ1v) is 6.19. The maximum absolute atomic E-state index is 13.5. The summed E-state index contributed by atoms with van der Waals surface area (Å²) in [5, 5.41) is 11.3. The van der Waals surface area contributed by atoms with Gasteiger partial charge in [-0.3, -0.25) is 0 Å². The lowest BCUT2D eigenvalue weighted by Gasteiger charge is -2.06. The average Bonchev–Trinajstić information content (AvgIpc) is 2.90. The molecule has 1 heterocycles. The third-order valence-corrected chi connectivity index (χ3v) is 3.01. The van der Waals surface area contributed by atoms with E-state index in [1.54, 1.807) is 18.2 Å². The van der Waals surface area contributed by atoms with Gasteiger partial charge in [0.2, 0.25) is 0 Å². The van der Waals surface area contributed by atoms with Crippen LogP contribution in [0.1, 0.15) is 5.56 Å². The van der Waals surface area contributed by atoms with Gasteiger partial charge in [-0.15, -0.1) is 5.10 Å². The summed E-state index contributed by atoms with van der Waals surface area (Å²) in [4.78, 5) is 0. The van der Waals surface area contributed by atoms with Gasteiger partial charge >= 0.3 is 0 Å². The average molecular weight is 287 g/mol. The minimum absolute atomic E-state index is 0.0582. The fraction of sp³-hybridized carbons (Fsp3) is 0.0714. The molecule has 3 aromatic rings. The summed E-state index contributed by atoms with van der Waals surface area (Å²) in [5.74, 6) is -0.480. The van der Waals surface area contributed by atoms with Crippen LogP contribution in [0.15, 0.2) is 42.5 Å². The van der Waals surface area contributed by atoms with Gasteiger partial charge in [0.05, 0.1) is 12.2 Å². The van der Waals surface area contributed by atoms with Gasteiger partial charge in [0.1, 0.15) is 11.6 Å². The van der Waals surface area contributed by atoms with E-state index >= 15 is 0 Å². The van der Waals surface area contributed by atoms with Gasteiger partial charge < -0.3 is 5.73 Å². The van der Waals surface area contributed by atoms with Gasteiger partial charge in [0.25, 0.3) is 0 Å². The van der Waals surface area contributed by atoms with Gasteiger partial charge in [-0.05, 0) is 46.3 Å². The topological polar surface area (TPSA) is 69.6 Å². The zero-order chi connectivity index (χ0) is 14.8. The van der Waals surface area contributed by atoms with E-state index in [1.165, 1.54) is 28.9 Å². The van der Waals surface area contributed by atoms with Crippen molar-refractivity contribution < 1.29 is 8.78 Å². The Kier molecular flexibility index (Phi) is 3.31. The highest BCUT2D eigenvalue weighted by Crippen LogP contribution is 2.21.